The summed E-state index contributed by atoms with van der Waals surface area (Å²) in [7, 11) is 0. The summed E-state index contributed by atoms with van der Waals surface area (Å²) < 4.78 is 0. The molecule has 0 heterocycles. The maximum atomic E-state index is 8.56. The summed E-state index contributed by atoms with van der Waals surface area (Å²) in [6.07, 6.45) is -1.83. The van der Waals surface area contributed by atoms with Gasteiger partial charge in [0.15, 0.2) is 0 Å². The minimum absolute atomic E-state index is 0. The fourth-order valence-corrected chi connectivity index (χ4v) is 0. The van der Waals surface area contributed by atoms with Crippen LogP contribution in [0.25, 0.3) is 0 Å². The van der Waals surface area contributed by atoms with Crippen molar-refractivity contribution in [1.29, 1.82) is 0 Å². The fraction of sp³-hybridized carbons (Fsp3) is 0. The summed E-state index contributed by atoms with van der Waals surface area (Å²) >= 11 is 0. The van der Waals surface area contributed by atoms with E-state index in [4.69, 9.17) is 15.0 Å². The zero-order valence-electron chi connectivity index (χ0n) is 3.11. The van der Waals surface area contributed by atoms with Crippen molar-refractivity contribution in [3.05, 3.63) is 0 Å². The van der Waals surface area contributed by atoms with E-state index in [2.05, 4.69) is 0 Å². The van der Waals surface area contributed by atoms with Gasteiger partial charge >= 0.3 is 32.4 Å². The second kappa shape index (κ2) is 15.6. The molecule has 0 fully saturated rings. The third-order valence-corrected chi connectivity index (χ3v) is 0. The molecule has 0 aliphatic rings. The van der Waals surface area contributed by atoms with E-state index in [0.717, 1.165) is 0 Å². The first kappa shape index (κ1) is 23.4. The first-order valence-electron chi connectivity index (χ1n) is 0.651. The van der Waals surface area contributed by atoms with Crippen LogP contribution in [0.5, 0.6) is 0 Å². The molecule has 0 unspecified atom stereocenters. The number of carboxylic acid groups (broad SMARTS) is 2. The number of rotatable bonds is 0. The third kappa shape index (κ3) is 90.8. The van der Waals surface area contributed by atoms with E-state index in [0.29, 0.717) is 0 Å². The number of hydrogen-bond acceptors (Lipinski definition) is 1. The van der Waals surface area contributed by atoms with Crippen molar-refractivity contribution in [3.63, 3.8) is 0 Å². The zero-order chi connectivity index (χ0) is 3.58. The average Bonchev–Trinajstić information content (AvgIpc) is 0.811. The van der Waals surface area contributed by atoms with Gasteiger partial charge in [-0.25, -0.2) is 4.79 Å². The standard InChI is InChI=1S/CH2O3.2Ag.Bi.3H/c2-1(3)4;;;;;;/h(H2,2,3,4);;;;;;. The molecule has 0 saturated heterocycles. The first-order valence-corrected chi connectivity index (χ1v) is 0.651. The van der Waals surface area contributed by atoms with Crippen LogP contribution in [0.1, 0.15) is 0 Å². The molecule has 2 radical (unpaired) electrons. The van der Waals surface area contributed by atoms with Crippen LogP contribution in [0, 0.1) is 0 Å². The van der Waals surface area contributed by atoms with Gasteiger partial charge in [-0.2, -0.15) is 0 Å². The van der Waals surface area contributed by atoms with Crippen molar-refractivity contribution in [1.82, 2.24) is 0 Å². The van der Waals surface area contributed by atoms with Gasteiger partial charge in [-0.3, -0.25) is 0 Å². The Morgan fingerprint density at radius 1 is 1.14 bits per heavy atom. The maximum absolute atomic E-state index is 8.56. The summed E-state index contributed by atoms with van der Waals surface area (Å²) in [5.74, 6) is 0. The normalized spacial score (nSPS) is 3.43. The molecule has 0 bridgehead atoms. The SMILES string of the molecule is O=C(O)O.[Ag].[Ag].[BiH3]. The third-order valence-electron chi connectivity index (χ3n) is 0. The van der Waals surface area contributed by atoms with E-state index in [1.165, 1.54) is 0 Å². The molecule has 0 amide bonds. The van der Waals surface area contributed by atoms with Crippen LogP contribution in [0.2, 0.25) is 0 Å². The Labute approximate surface area is 91.0 Å². The molecule has 0 aromatic carbocycles. The Kier molecular flexibility index (Phi) is 52.4. The van der Waals surface area contributed by atoms with E-state index in [-0.39, 0.29) is 71.0 Å². The van der Waals surface area contributed by atoms with Gasteiger partial charge in [0.05, 0.1) is 0 Å². The molecule has 0 aliphatic carbocycles. The van der Waals surface area contributed by atoms with Gasteiger partial charge < -0.3 is 10.2 Å². The Bertz CT molecular complexity index is 35.9. The van der Waals surface area contributed by atoms with Gasteiger partial charge in [0, 0.05) is 44.8 Å². The molecular weight excluding hydrogens is 485 g/mol. The number of carbonyl (C=O) groups is 1. The topological polar surface area (TPSA) is 57.5 Å². The van der Waals surface area contributed by atoms with E-state index in [1.807, 2.05) is 0 Å². The predicted octanol–water partition coefficient (Wildman–Crippen LogP) is -0.967. The Hall–Kier alpha value is 1.63. The molecule has 6 heteroatoms. The summed E-state index contributed by atoms with van der Waals surface area (Å²) in [4.78, 5) is 8.56. The molecule has 0 rings (SSSR count). The van der Waals surface area contributed by atoms with Gasteiger partial charge in [-0.05, 0) is 0 Å². The van der Waals surface area contributed by atoms with Gasteiger partial charge in [-0.15, -0.1) is 0 Å². The van der Waals surface area contributed by atoms with Crippen LogP contribution in [0.4, 0.5) is 4.79 Å². The van der Waals surface area contributed by atoms with Crippen molar-refractivity contribution in [3.8, 4) is 0 Å². The van der Waals surface area contributed by atoms with E-state index in [9.17, 15) is 0 Å². The molecule has 54 valence electrons. The molecule has 0 aromatic rings. The summed E-state index contributed by atoms with van der Waals surface area (Å²) in [5, 5.41) is 13.9. The van der Waals surface area contributed by atoms with Crippen molar-refractivity contribution in [2.75, 3.05) is 0 Å². The average molecular weight is 490 g/mol. The van der Waals surface area contributed by atoms with Crippen LogP contribution in [0.3, 0.4) is 0 Å². The van der Waals surface area contributed by atoms with Gasteiger partial charge in [0.1, 0.15) is 0 Å². The number of hydrogen-bond donors (Lipinski definition) is 2. The molecule has 7 heavy (non-hydrogen) atoms. The summed E-state index contributed by atoms with van der Waals surface area (Å²) in [5.41, 5.74) is 0. The molecule has 0 spiro atoms. The molecule has 0 saturated carbocycles. The fourth-order valence-electron chi connectivity index (χ4n) is 0. The quantitative estimate of drug-likeness (QED) is 0.431. The summed E-state index contributed by atoms with van der Waals surface area (Å²) in [6.45, 7) is 0. The summed E-state index contributed by atoms with van der Waals surface area (Å²) in [6, 6.07) is 0. The Balaban J connectivity index is -0.0000000150. The van der Waals surface area contributed by atoms with Crippen LogP contribution in [-0.4, -0.2) is 42.6 Å². The van der Waals surface area contributed by atoms with Crippen LogP contribution < -0.4 is 0 Å². The van der Waals surface area contributed by atoms with Crippen molar-refractivity contribution < 1.29 is 59.8 Å². The second-order valence-electron chi connectivity index (χ2n) is 0.283. The van der Waals surface area contributed by atoms with E-state index in [1.54, 1.807) is 0 Å². The van der Waals surface area contributed by atoms with Crippen molar-refractivity contribution in [2.45, 2.75) is 0 Å². The van der Waals surface area contributed by atoms with E-state index >= 15 is 0 Å². The molecule has 0 atom stereocenters. The minimum atomic E-state index is -1.83. The molecule has 0 aliphatic heterocycles. The van der Waals surface area contributed by atoms with Gasteiger partial charge in [-0.1, -0.05) is 0 Å². The molecule has 3 nitrogen and oxygen atoms in total. The molecular formula is CH5Ag2BiO3. The van der Waals surface area contributed by atoms with Gasteiger partial charge in [0.2, 0.25) is 0 Å². The molecule has 2 N–H and O–H groups in total. The Morgan fingerprint density at radius 2 is 1.14 bits per heavy atom. The van der Waals surface area contributed by atoms with Crippen molar-refractivity contribution >= 4 is 32.4 Å². The Morgan fingerprint density at radius 3 is 1.14 bits per heavy atom. The second-order valence-corrected chi connectivity index (χ2v) is 0.283. The van der Waals surface area contributed by atoms with Crippen LogP contribution >= 0.6 is 0 Å². The predicted molar refractivity (Wildman–Crippen MR) is 20.6 cm³/mol. The first-order chi connectivity index (χ1) is 1.73. The molecule has 0 aromatic heterocycles. The monoisotopic (exact) mass is 488 g/mol. The van der Waals surface area contributed by atoms with Crippen LogP contribution in [0.15, 0.2) is 0 Å². The van der Waals surface area contributed by atoms with E-state index < -0.39 is 6.16 Å². The van der Waals surface area contributed by atoms with Gasteiger partial charge in [0.25, 0.3) is 0 Å². The zero-order valence-corrected chi connectivity index (χ0v) is 11.6. The van der Waals surface area contributed by atoms with Crippen molar-refractivity contribution in [2.24, 2.45) is 0 Å². The van der Waals surface area contributed by atoms with Crippen LogP contribution in [-0.2, 0) is 44.8 Å².